The summed E-state index contributed by atoms with van der Waals surface area (Å²) in [5.41, 5.74) is 0.619. The van der Waals surface area contributed by atoms with E-state index in [0.29, 0.717) is 29.9 Å². The number of nitrogens with one attached hydrogen (secondary N) is 1. The molecule has 0 aliphatic heterocycles. The molecule has 1 aromatic heterocycles. The molecule has 0 radical (unpaired) electrons. The second kappa shape index (κ2) is 8.76. The highest BCUT2D eigenvalue weighted by molar-refractivity contribution is 7.89. The van der Waals surface area contributed by atoms with Crippen LogP contribution in [0.25, 0.3) is 10.8 Å². The zero-order chi connectivity index (χ0) is 21.9. The van der Waals surface area contributed by atoms with Crippen molar-refractivity contribution >= 4 is 32.4 Å². The molecule has 0 saturated heterocycles. The van der Waals surface area contributed by atoms with Crippen LogP contribution in [-0.2, 0) is 21.4 Å². The van der Waals surface area contributed by atoms with Crippen LogP contribution in [0.15, 0.2) is 58.2 Å². The average Bonchev–Trinajstić information content (AvgIpc) is 2.72. The topological polar surface area (TPSA) is 101 Å². The largest absolute Gasteiger partial charge is 0.324 e. The van der Waals surface area contributed by atoms with Gasteiger partial charge in [-0.15, -0.1) is 0 Å². The molecule has 8 nitrogen and oxygen atoms in total. The predicted molar refractivity (Wildman–Crippen MR) is 116 cm³/mol. The van der Waals surface area contributed by atoms with Gasteiger partial charge in [-0.3, -0.25) is 9.59 Å². The Hall–Kier alpha value is -3.04. The van der Waals surface area contributed by atoms with Crippen molar-refractivity contribution in [2.24, 2.45) is 0 Å². The van der Waals surface area contributed by atoms with Crippen molar-refractivity contribution in [1.82, 2.24) is 14.1 Å². The normalized spacial score (nSPS) is 11.7. The highest BCUT2D eigenvalue weighted by Crippen LogP contribution is 2.19. The van der Waals surface area contributed by atoms with Gasteiger partial charge in [-0.1, -0.05) is 38.1 Å². The third-order valence-electron chi connectivity index (χ3n) is 4.81. The molecule has 0 aliphatic carbocycles. The fourth-order valence-corrected chi connectivity index (χ4v) is 4.80. The van der Waals surface area contributed by atoms with Gasteiger partial charge in [0.2, 0.25) is 15.9 Å². The Balaban J connectivity index is 1.84. The predicted octanol–water partition coefficient (Wildman–Crippen LogP) is 2.37. The summed E-state index contributed by atoms with van der Waals surface area (Å²) >= 11 is 0. The maximum atomic E-state index is 12.7. The Morgan fingerprint density at radius 3 is 2.40 bits per heavy atom. The summed E-state index contributed by atoms with van der Waals surface area (Å²) in [6.07, 6.45) is 0. The number of aryl methyl sites for hydroxylation is 1. The van der Waals surface area contributed by atoms with Crippen molar-refractivity contribution in [2.45, 2.75) is 32.2 Å². The third kappa shape index (κ3) is 4.27. The lowest BCUT2D eigenvalue weighted by atomic mass is 10.1. The van der Waals surface area contributed by atoms with E-state index in [1.165, 1.54) is 16.4 Å². The molecule has 3 rings (SSSR count). The number of amides is 1. The lowest BCUT2D eigenvalue weighted by Crippen LogP contribution is -2.31. The molecule has 3 aromatic rings. The summed E-state index contributed by atoms with van der Waals surface area (Å²) in [7, 11) is -3.64. The van der Waals surface area contributed by atoms with Gasteiger partial charge in [0.25, 0.3) is 5.56 Å². The number of nitrogens with zero attached hydrogens (tertiary/aromatic N) is 3. The minimum Gasteiger partial charge on any atom is -0.324 e. The van der Waals surface area contributed by atoms with Crippen molar-refractivity contribution in [3.8, 4) is 0 Å². The van der Waals surface area contributed by atoms with Crippen LogP contribution in [0.3, 0.4) is 0 Å². The molecule has 2 aromatic carbocycles. The first-order chi connectivity index (χ1) is 14.3. The Kier molecular flexibility index (Phi) is 6.33. The molecule has 0 bridgehead atoms. The van der Waals surface area contributed by atoms with Gasteiger partial charge in [-0.05, 0) is 31.2 Å². The zero-order valence-electron chi connectivity index (χ0n) is 17.1. The molecule has 30 heavy (non-hydrogen) atoms. The molecule has 0 atom stereocenters. The van der Waals surface area contributed by atoms with E-state index in [4.69, 9.17) is 0 Å². The van der Waals surface area contributed by atoms with Crippen molar-refractivity contribution in [2.75, 3.05) is 18.4 Å². The van der Waals surface area contributed by atoms with Gasteiger partial charge in [0, 0.05) is 24.2 Å². The first-order valence-corrected chi connectivity index (χ1v) is 11.1. The molecule has 0 fully saturated rings. The molecule has 0 saturated carbocycles. The van der Waals surface area contributed by atoms with Crippen molar-refractivity contribution < 1.29 is 13.2 Å². The Morgan fingerprint density at radius 1 is 1.07 bits per heavy atom. The number of sulfonamides is 1. The lowest BCUT2D eigenvalue weighted by Gasteiger charge is -2.18. The molecule has 1 N–H and O–H groups in total. The number of benzene rings is 2. The number of carbonyl (C=O) groups is 1. The fraction of sp³-hybridized carbons (Fsp3) is 0.286. The Labute approximate surface area is 175 Å². The van der Waals surface area contributed by atoms with Gasteiger partial charge in [0.15, 0.2) is 0 Å². The number of aromatic nitrogens is 2. The standard InChI is InChI=1S/C21H24N4O4S/c1-4-24(5-2)30(28,29)17-10-8-9-16(13-17)22-20(26)14-25-21(27)19-12-7-6-11-18(19)15(3)23-25/h6-13H,4-5,14H2,1-3H3,(H,22,26). The highest BCUT2D eigenvalue weighted by Gasteiger charge is 2.22. The van der Waals surface area contributed by atoms with E-state index in [2.05, 4.69) is 10.4 Å². The van der Waals surface area contributed by atoms with E-state index in [1.54, 1.807) is 45.0 Å². The second-order valence-corrected chi connectivity index (χ2v) is 8.70. The Morgan fingerprint density at radius 2 is 1.73 bits per heavy atom. The fourth-order valence-electron chi connectivity index (χ4n) is 3.30. The van der Waals surface area contributed by atoms with Crippen LogP contribution < -0.4 is 10.9 Å². The highest BCUT2D eigenvalue weighted by atomic mass is 32.2. The summed E-state index contributed by atoms with van der Waals surface area (Å²) in [6, 6.07) is 13.2. The van der Waals surface area contributed by atoms with E-state index in [0.717, 1.165) is 10.1 Å². The summed E-state index contributed by atoms with van der Waals surface area (Å²) in [4.78, 5) is 25.2. The molecule has 158 valence electrons. The van der Waals surface area contributed by atoms with E-state index in [1.807, 2.05) is 12.1 Å². The third-order valence-corrected chi connectivity index (χ3v) is 6.85. The summed E-state index contributed by atoms with van der Waals surface area (Å²) in [5.74, 6) is -0.475. The molecule has 9 heteroatoms. The van der Waals surface area contributed by atoms with Crippen molar-refractivity contribution in [3.63, 3.8) is 0 Å². The van der Waals surface area contributed by atoms with Gasteiger partial charge in [-0.2, -0.15) is 9.40 Å². The first-order valence-electron chi connectivity index (χ1n) is 9.64. The molecular weight excluding hydrogens is 404 g/mol. The quantitative estimate of drug-likeness (QED) is 0.623. The number of anilines is 1. The number of hydrogen-bond acceptors (Lipinski definition) is 5. The minimum absolute atomic E-state index is 0.0980. The van der Waals surface area contributed by atoms with Crippen LogP contribution in [-0.4, -0.2) is 41.5 Å². The molecule has 0 spiro atoms. The smallest absolute Gasteiger partial charge is 0.275 e. The minimum atomic E-state index is -3.64. The molecular formula is C21H24N4O4S. The summed E-state index contributed by atoms with van der Waals surface area (Å²) in [5, 5.41) is 8.11. The number of carbonyl (C=O) groups excluding carboxylic acids is 1. The van der Waals surface area contributed by atoms with Gasteiger partial charge in [0.1, 0.15) is 6.54 Å². The van der Waals surface area contributed by atoms with Gasteiger partial charge in [-0.25, -0.2) is 13.1 Å². The lowest BCUT2D eigenvalue weighted by molar-refractivity contribution is -0.117. The Bertz CT molecular complexity index is 1250. The monoisotopic (exact) mass is 428 g/mol. The van der Waals surface area contributed by atoms with Crippen LogP contribution >= 0.6 is 0 Å². The van der Waals surface area contributed by atoms with E-state index < -0.39 is 15.9 Å². The van der Waals surface area contributed by atoms with Crippen LogP contribution in [0, 0.1) is 6.92 Å². The van der Waals surface area contributed by atoms with E-state index in [-0.39, 0.29) is 17.0 Å². The molecule has 0 aliphatic rings. The van der Waals surface area contributed by atoms with Gasteiger partial charge < -0.3 is 5.32 Å². The number of hydrogen-bond donors (Lipinski definition) is 1. The molecule has 1 amide bonds. The summed E-state index contributed by atoms with van der Waals surface area (Å²) < 4.78 is 27.8. The van der Waals surface area contributed by atoms with Crippen molar-refractivity contribution in [1.29, 1.82) is 0 Å². The van der Waals surface area contributed by atoms with Crippen LogP contribution in [0.1, 0.15) is 19.5 Å². The first kappa shape index (κ1) is 21.7. The maximum absolute atomic E-state index is 12.7. The van der Waals surface area contributed by atoms with Crippen molar-refractivity contribution in [3.05, 3.63) is 64.6 Å². The van der Waals surface area contributed by atoms with Gasteiger partial charge >= 0.3 is 0 Å². The number of rotatable bonds is 7. The van der Waals surface area contributed by atoms with Crippen LogP contribution in [0.2, 0.25) is 0 Å². The van der Waals surface area contributed by atoms with E-state index >= 15 is 0 Å². The number of fused-ring (bicyclic) bond motifs is 1. The molecule has 0 unspecified atom stereocenters. The SMILES string of the molecule is CCN(CC)S(=O)(=O)c1cccc(NC(=O)Cn2nc(C)c3ccccc3c2=O)c1. The average molecular weight is 429 g/mol. The second-order valence-electron chi connectivity index (χ2n) is 6.76. The molecule has 1 heterocycles. The van der Waals surface area contributed by atoms with Gasteiger partial charge in [0.05, 0.1) is 16.0 Å². The zero-order valence-corrected chi connectivity index (χ0v) is 17.9. The maximum Gasteiger partial charge on any atom is 0.275 e. The van der Waals surface area contributed by atoms with E-state index in [9.17, 15) is 18.0 Å². The van der Waals surface area contributed by atoms with Crippen LogP contribution in [0.5, 0.6) is 0 Å². The van der Waals surface area contributed by atoms with Crippen LogP contribution in [0.4, 0.5) is 5.69 Å². The summed E-state index contributed by atoms with van der Waals surface area (Å²) in [6.45, 7) is 5.73.